The number of guanidine groups is 3. The Morgan fingerprint density at radius 2 is 0.928 bits per heavy atom. The maximum atomic E-state index is 14.3. The summed E-state index contributed by atoms with van der Waals surface area (Å²) in [4.78, 5) is 188. The summed E-state index contributed by atoms with van der Waals surface area (Å²) in [5.74, 6) is -14.6. The van der Waals surface area contributed by atoms with E-state index in [2.05, 4.69) is 99.7 Å². The van der Waals surface area contributed by atoms with Gasteiger partial charge < -0.3 is 107 Å². The Kier molecular flexibility index (Phi) is 41.3. The average Bonchev–Trinajstić information content (AvgIpc) is 0.859. The molecule has 0 aliphatic heterocycles. The molecule has 1 rings (SSSR count). The van der Waals surface area contributed by atoms with E-state index in [-0.39, 0.29) is 81.7 Å². The number of carbonyl (C=O) groups excluding carboxylic acids is 13. The van der Waals surface area contributed by atoms with Crippen molar-refractivity contribution in [3.63, 3.8) is 0 Å². The first-order valence-corrected chi connectivity index (χ1v) is 33.4. The second kappa shape index (κ2) is 46.4. The first-order chi connectivity index (χ1) is 45.7. The molecule has 12 amide bonds. The van der Waals surface area contributed by atoms with E-state index in [0.717, 1.165) is 19.3 Å². The number of carboxylic acid groups (broad SMARTS) is 1. The number of rotatable bonds is 46. The third-order valence-electron chi connectivity index (χ3n) is 15.7. The minimum absolute atomic E-state index is 0.00618. The Hall–Kier alpha value is -8.75. The van der Waals surface area contributed by atoms with E-state index in [1.54, 1.807) is 27.7 Å². The van der Waals surface area contributed by atoms with Gasteiger partial charge in [0.25, 0.3) is 0 Å². The van der Waals surface area contributed by atoms with E-state index in [9.17, 15) is 72.2 Å². The summed E-state index contributed by atoms with van der Waals surface area (Å²) in [5.41, 5.74) is 22.0. The Bertz CT molecular complexity index is 2710. The van der Waals surface area contributed by atoms with E-state index in [4.69, 9.17) is 39.2 Å². The molecule has 0 heterocycles. The zero-order valence-electron chi connectivity index (χ0n) is 55.9. The highest BCUT2D eigenvalue weighted by Gasteiger charge is 2.38. The second-order valence-electron chi connectivity index (χ2n) is 23.5. The second-order valence-corrected chi connectivity index (χ2v) is 24.2. The summed E-state index contributed by atoms with van der Waals surface area (Å²) in [7, 11) is 0. The SMILES string of the molecule is CC[C@H](C)[C@H](NC(=O)[C@H](CCCNC(=N)N)NC(=O)[C@H](CC(=O)O)NC(=O)[C@@H](NC(=O)[C@H](CCCNC(=N)N)NC(=O)CNC(=O)CNC(=O)[C@H](C)NC(=O)[C@H](CS)NC(=O)[C@@H](N)CCCNC(=N)N)[C@@H](C)CC)C(=O)NCC(=O)N[C@@H](C)C(=O)N(C1CCCCC1)[C@H]([C]=O)CS. The lowest BCUT2D eigenvalue weighted by Gasteiger charge is -2.38. The number of hydrogen-bond donors (Lipinski definition) is 24. The lowest BCUT2D eigenvalue weighted by atomic mass is 9.93. The molecule has 0 saturated heterocycles. The Morgan fingerprint density at radius 1 is 0.495 bits per heavy atom. The molecule has 0 bridgehead atoms. The van der Waals surface area contributed by atoms with Crippen LogP contribution in [0.15, 0.2) is 0 Å². The molecule has 1 fully saturated rings. The molecule has 1 radical (unpaired) electrons. The lowest BCUT2D eigenvalue weighted by Crippen LogP contribution is -2.61. The molecule has 26 N–H and O–H groups in total. The van der Waals surface area contributed by atoms with Crippen molar-refractivity contribution >= 4 is 126 Å². The van der Waals surface area contributed by atoms with Crippen LogP contribution in [0.25, 0.3) is 0 Å². The molecule has 547 valence electrons. The van der Waals surface area contributed by atoms with Crippen molar-refractivity contribution in [1.29, 1.82) is 16.2 Å². The molecule has 0 aromatic rings. The number of carboxylic acids is 1. The van der Waals surface area contributed by atoms with Gasteiger partial charge in [0.1, 0.15) is 54.4 Å². The van der Waals surface area contributed by atoms with Crippen molar-refractivity contribution in [3.8, 4) is 0 Å². The van der Waals surface area contributed by atoms with Gasteiger partial charge in [-0.2, -0.15) is 25.3 Å². The van der Waals surface area contributed by atoms with Crippen LogP contribution in [0.4, 0.5) is 0 Å². The van der Waals surface area contributed by atoms with Gasteiger partial charge in [0.2, 0.25) is 77.2 Å². The maximum absolute atomic E-state index is 14.3. The van der Waals surface area contributed by atoms with Crippen LogP contribution in [0.1, 0.15) is 131 Å². The van der Waals surface area contributed by atoms with Crippen LogP contribution in [0.3, 0.4) is 0 Å². The molecule has 12 atom stereocenters. The fourth-order valence-corrected chi connectivity index (χ4v) is 10.3. The van der Waals surface area contributed by atoms with E-state index in [1.165, 1.54) is 18.7 Å². The molecule has 37 nitrogen and oxygen atoms in total. The maximum Gasteiger partial charge on any atom is 0.305 e. The minimum atomic E-state index is -1.92. The van der Waals surface area contributed by atoms with Crippen LogP contribution in [0.2, 0.25) is 0 Å². The number of nitrogens with zero attached hydrogens (tertiary/aromatic N) is 1. The summed E-state index contributed by atoms with van der Waals surface area (Å²) < 4.78 is 0. The van der Waals surface area contributed by atoms with Gasteiger partial charge in [0.05, 0.1) is 32.1 Å². The highest BCUT2D eigenvalue weighted by Crippen LogP contribution is 2.25. The number of nitrogens with two attached hydrogens (primary N) is 4. The molecule has 0 aromatic carbocycles. The van der Waals surface area contributed by atoms with Crippen LogP contribution in [-0.4, -0.2) is 228 Å². The third-order valence-corrected chi connectivity index (χ3v) is 16.4. The van der Waals surface area contributed by atoms with Gasteiger partial charge in [-0.3, -0.25) is 83.4 Å². The summed E-state index contributed by atoms with van der Waals surface area (Å²) >= 11 is 8.34. The largest absolute Gasteiger partial charge is 0.481 e. The predicted molar refractivity (Wildman–Crippen MR) is 363 cm³/mol. The number of hydrogen-bond acceptors (Lipinski definition) is 20. The lowest BCUT2D eigenvalue weighted by molar-refractivity contribution is -0.142. The van der Waals surface area contributed by atoms with Crippen molar-refractivity contribution in [2.75, 3.05) is 50.8 Å². The van der Waals surface area contributed by atoms with Crippen LogP contribution >= 0.6 is 25.3 Å². The number of aliphatic carboxylic acids is 1. The average molecular weight is 1410 g/mol. The quantitative estimate of drug-likeness (QED) is 0.0117. The molecule has 97 heavy (non-hydrogen) atoms. The zero-order chi connectivity index (χ0) is 73.5. The molecule has 0 spiro atoms. The molecule has 39 heteroatoms. The van der Waals surface area contributed by atoms with Gasteiger partial charge >= 0.3 is 5.97 Å². The smallest absolute Gasteiger partial charge is 0.305 e. The van der Waals surface area contributed by atoms with Gasteiger partial charge in [0.15, 0.2) is 17.9 Å². The number of nitrogens with one attached hydrogen (secondary N) is 17. The molecule has 1 aliphatic rings. The normalized spacial score (nSPS) is 15.7. The molecule has 1 saturated carbocycles. The zero-order valence-corrected chi connectivity index (χ0v) is 57.7. The van der Waals surface area contributed by atoms with Crippen molar-refractivity contribution in [2.45, 2.75) is 198 Å². The Balaban J connectivity index is 3.28. The summed E-state index contributed by atoms with van der Waals surface area (Å²) in [6, 6.07) is -13.6. The van der Waals surface area contributed by atoms with E-state index in [0.29, 0.717) is 25.7 Å². The molecular weight excluding hydrogens is 1310 g/mol. The first-order valence-electron chi connectivity index (χ1n) is 32.1. The van der Waals surface area contributed by atoms with Crippen molar-refractivity contribution in [1.82, 2.24) is 79.3 Å². The predicted octanol–water partition coefficient (Wildman–Crippen LogP) is -6.56. The summed E-state index contributed by atoms with van der Waals surface area (Å²) in [5, 5.41) is 66.8. The fourth-order valence-electron chi connectivity index (χ4n) is 9.75. The topological polar surface area (TPSA) is 606 Å². The van der Waals surface area contributed by atoms with Crippen LogP contribution < -0.4 is 97.4 Å². The van der Waals surface area contributed by atoms with E-state index in [1.807, 2.05) is 6.29 Å². The minimum Gasteiger partial charge on any atom is -0.481 e. The van der Waals surface area contributed by atoms with Gasteiger partial charge in [-0.05, 0) is 77.0 Å². The van der Waals surface area contributed by atoms with Gasteiger partial charge in [0, 0.05) is 37.2 Å². The first kappa shape index (κ1) is 86.3. The molecule has 0 aromatic heterocycles. The van der Waals surface area contributed by atoms with E-state index < -0.39 is 187 Å². The highest BCUT2D eigenvalue weighted by molar-refractivity contribution is 7.80. The molecular formula is C58H103N22O15S2. The Labute approximate surface area is 575 Å². The van der Waals surface area contributed by atoms with Crippen molar-refractivity contribution in [3.05, 3.63) is 0 Å². The van der Waals surface area contributed by atoms with Crippen LogP contribution in [0, 0.1) is 28.1 Å². The monoisotopic (exact) mass is 1410 g/mol. The van der Waals surface area contributed by atoms with E-state index >= 15 is 0 Å². The number of amides is 12. The number of thiol groups is 2. The van der Waals surface area contributed by atoms with Crippen molar-refractivity contribution < 1.29 is 72.2 Å². The molecule has 1 aliphatic carbocycles. The number of carbonyl (C=O) groups is 13. The third kappa shape index (κ3) is 33.7. The van der Waals surface area contributed by atoms with Gasteiger partial charge in [-0.1, -0.05) is 59.8 Å². The van der Waals surface area contributed by atoms with Crippen LogP contribution in [0.5, 0.6) is 0 Å². The molecule has 0 unspecified atom stereocenters. The van der Waals surface area contributed by atoms with Crippen molar-refractivity contribution in [2.24, 2.45) is 34.8 Å². The summed E-state index contributed by atoms with van der Waals surface area (Å²) in [6.07, 6.45) is 5.63. The highest BCUT2D eigenvalue weighted by atomic mass is 32.1. The fraction of sp³-hybridized carbons (Fsp3) is 0.707. The van der Waals surface area contributed by atoms with Gasteiger partial charge in [-0.25, -0.2) is 0 Å². The van der Waals surface area contributed by atoms with Crippen LogP contribution in [-0.2, 0) is 67.1 Å². The Morgan fingerprint density at radius 3 is 1.41 bits per heavy atom. The van der Waals surface area contributed by atoms with Gasteiger partial charge in [-0.15, -0.1) is 0 Å². The standard InChI is InChI=1S/C58H103N22O15S2/c1-7-30(3)45(53(93)71-26-42(83)72-33(6)55(95)80(35(27-81)28-96)34-15-10-9-11-16-34)78-50(90)38(19-14-22-68-58(64)65)75-51(91)39(23-44(85)86)76-54(94)46(31(4)8-2)79-49(89)37(18-13-21-67-57(62)63)74-43(84)25-69-41(82)24-70-47(87)32(5)73-52(92)40(29-97)77-48(88)36(59)17-12-20-66-56(60)61/h30-40,45-46,96-97H,7-26,28-29,59H2,1-6H3,(H,69,82)(H,70,87)(H,71,93)(H,72,83)(H,73,92)(H,74,84)(H,75,91)(H,76,94)(H,77,88)(H,78,90)(H,79,89)(H,85,86)(H4,60,61,66)(H4,62,63,67)(H4,64,65,68)/t30-,31-,32-,33-,35+,36-,37-,38-,39-,40-,45-,46-/m0/s1. The summed E-state index contributed by atoms with van der Waals surface area (Å²) in [6.45, 7) is 7.52.